The molecule has 144 valence electrons. The predicted octanol–water partition coefficient (Wildman–Crippen LogP) is 4.49. The van der Waals surface area contributed by atoms with Gasteiger partial charge in [0.15, 0.2) is 6.10 Å². The Morgan fingerprint density at radius 1 is 1.04 bits per heavy atom. The number of rotatable bonds is 5. The fourth-order valence-corrected chi connectivity index (χ4v) is 2.43. The van der Waals surface area contributed by atoms with Crippen LogP contribution in [-0.4, -0.2) is 17.9 Å². The SMILES string of the molecule is CC(=O)Nc1ccc(F)c(NC(=O)C(C)Oc2ccc(C(C)(C)C)cc2)c1. The normalized spacial score (nSPS) is 12.2. The van der Waals surface area contributed by atoms with E-state index >= 15 is 0 Å². The van der Waals surface area contributed by atoms with Gasteiger partial charge in [-0.2, -0.15) is 0 Å². The summed E-state index contributed by atoms with van der Waals surface area (Å²) in [6.07, 6.45) is -0.825. The van der Waals surface area contributed by atoms with Crippen molar-refractivity contribution in [1.29, 1.82) is 0 Å². The molecule has 1 atom stereocenters. The Bertz CT molecular complexity index is 826. The lowest BCUT2D eigenvalue weighted by molar-refractivity contribution is -0.122. The molecule has 0 saturated heterocycles. The zero-order valence-corrected chi connectivity index (χ0v) is 16.2. The van der Waals surface area contributed by atoms with Gasteiger partial charge in [-0.3, -0.25) is 9.59 Å². The van der Waals surface area contributed by atoms with Crippen LogP contribution < -0.4 is 15.4 Å². The molecule has 0 aromatic heterocycles. The van der Waals surface area contributed by atoms with Crippen molar-refractivity contribution >= 4 is 23.2 Å². The van der Waals surface area contributed by atoms with Crippen LogP contribution in [0.2, 0.25) is 0 Å². The molecule has 27 heavy (non-hydrogen) atoms. The second-order valence-electron chi connectivity index (χ2n) is 7.40. The number of ether oxygens (including phenoxy) is 1. The van der Waals surface area contributed by atoms with Gasteiger partial charge in [-0.05, 0) is 48.2 Å². The number of nitrogens with one attached hydrogen (secondary N) is 2. The van der Waals surface area contributed by atoms with Crippen molar-refractivity contribution in [2.75, 3.05) is 10.6 Å². The highest BCUT2D eigenvalue weighted by Gasteiger charge is 2.18. The standard InChI is InChI=1S/C21H25FN2O3/c1-13(27-17-9-6-15(7-10-17)21(3,4)5)20(26)24-19-12-16(23-14(2)25)8-11-18(19)22/h6-13H,1-5H3,(H,23,25)(H,24,26). The van der Waals surface area contributed by atoms with Crippen molar-refractivity contribution in [3.63, 3.8) is 0 Å². The Balaban J connectivity index is 2.04. The largest absolute Gasteiger partial charge is 0.481 e. The van der Waals surface area contributed by atoms with E-state index in [9.17, 15) is 14.0 Å². The lowest BCUT2D eigenvalue weighted by atomic mass is 9.87. The summed E-state index contributed by atoms with van der Waals surface area (Å²) in [7, 11) is 0. The minimum atomic E-state index is -0.825. The summed E-state index contributed by atoms with van der Waals surface area (Å²) in [6, 6.07) is 11.5. The summed E-state index contributed by atoms with van der Waals surface area (Å²) < 4.78 is 19.6. The fourth-order valence-electron chi connectivity index (χ4n) is 2.43. The molecule has 2 N–H and O–H groups in total. The molecule has 1 unspecified atom stereocenters. The van der Waals surface area contributed by atoms with Crippen molar-refractivity contribution in [2.24, 2.45) is 0 Å². The van der Waals surface area contributed by atoms with E-state index in [0.717, 1.165) is 5.56 Å². The molecule has 0 aliphatic heterocycles. The maximum atomic E-state index is 13.9. The third-order valence-electron chi connectivity index (χ3n) is 3.95. The smallest absolute Gasteiger partial charge is 0.265 e. The van der Waals surface area contributed by atoms with Crippen LogP contribution in [0.3, 0.4) is 0 Å². The molecule has 0 radical (unpaired) electrons. The molecule has 0 bridgehead atoms. The van der Waals surface area contributed by atoms with E-state index in [1.54, 1.807) is 6.92 Å². The third kappa shape index (κ3) is 5.81. The third-order valence-corrected chi connectivity index (χ3v) is 3.95. The van der Waals surface area contributed by atoms with Gasteiger partial charge in [0.25, 0.3) is 5.91 Å². The second-order valence-corrected chi connectivity index (χ2v) is 7.40. The first kappa shape index (κ1) is 20.4. The van der Waals surface area contributed by atoms with Gasteiger partial charge < -0.3 is 15.4 Å². The van der Waals surface area contributed by atoms with E-state index in [1.165, 1.54) is 25.1 Å². The van der Waals surface area contributed by atoms with Gasteiger partial charge in [0, 0.05) is 12.6 Å². The average Bonchev–Trinajstić information content (AvgIpc) is 2.57. The first-order chi connectivity index (χ1) is 12.6. The van der Waals surface area contributed by atoms with Crippen molar-refractivity contribution in [1.82, 2.24) is 0 Å². The lowest BCUT2D eigenvalue weighted by Gasteiger charge is -2.20. The van der Waals surface area contributed by atoms with Gasteiger partial charge >= 0.3 is 0 Å². The van der Waals surface area contributed by atoms with Crippen LogP contribution in [0, 0.1) is 5.82 Å². The first-order valence-electron chi connectivity index (χ1n) is 8.71. The quantitative estimate of drug-likeness (QED) is 0.813. The Kier molecular flexibility index (Phi) is 6.20. The monoisotopic (exact) mass is 372 g/mol. The number of carbonyl (C=O) groups excluding carboxylic acids is 2. The second kappa shape index (κ2) is 8.20. The van der Waals surface area contributed by atoms with Crippen LogP contribution in [0.5, 0.6) is 5.75 Å². The molecule has 0 fully saturated rings. The highest BCUT2D eigenvalue weighted by atomic mass is 19.1. The van der Waals surface area contributed by atoms with Crippen LogP contribution >= 0.6 is 0 Å². The average molecular weight is 372 g/mol. The Morgan fingerprint density at radius 2 is 1.67 bits per heavy atom. The van der Waals surface area contributed by atoms with Gasteiger partial charge in [0.05, 0.1) is 5.69 Å². The van der Waals surface area contributed by atoms with E-state index in [2.05, 4.69) is 31.4 Å². The van der Waals surface area contributed by atoms with Gasteiger partial charge in [0.2, 0.25) is 5.91 Å². The Morgan fingerprint density at radius 3 is 2.22 bits per heavy atom. The van der Waals surface area contributed by atoms with Gasteiger partial charge in [-0.15, -0.1) is 0 Å². The molecule has 2 rings (SSSR count). The highest BCUT2D eigenvalue weighted by Crippen LogP contribution is 2.25. The summed E-state index contributed by atoms with van der Waals surface area (Å²) in [4.78, 5) is 23.5. The van der Waals surface area contributed by atoms with Crippen LogP contribution in [0.15, 0.2) is 42.5 Å². The number of amides is 2. The number of carbonyl (C=O) groups is 2. The summed E-state index contributed by atoms with van der Waals surface area (Å²) in [5.41, 5.74) is 1.55. The summed E-state index contributed by atoms with van der Waals surface area (Å²) in [5, 5.41) is 5.03. The van der Waals surface area contributed by atoms with Crippen molar-refractivity contribution < 1.29 is 18.7 Å². The van der Waals surface area contributed by atoms with E-state index in [0.29, 0.717) is 11.4 Å². The zero-order valence-electron chi connectivity index (χ0n) is 16.2. The number of anilines is 2. The molecule has 2 amide bonds. The molecule has 0 heterocycles. The number of hydrogen-bond donors (Lipinski definition) is 2. The maximum Gasteiger partial charge on any atom is 0.265 e. The van der Waals surface area contributed by atoms with Gasteiger partial charge in [0.1, 0.15) is 11.6 Å². The molecule has 0 spiro atoms. The molecule has 2 aromatic carbocycles. The number of hydrogen-bond acceptors (Lipinski definition) is 3. The summed E-state index contributed by atoms with van der Waals surface area (Å²) >= 11 is 0. The predicted molar refractivity (Wildman–Crippen MR) is 105 cm³/mol. The van der Waals surface area contributed by atoms with E-state index in [4.69, 9.17) is 4.74 Å². The van der Waals surface area contributed by atoms with Crippen LogP contribution in [0.1, 0.15) is 40.2 Å². The van der Waals surface area contributed by atoms with E-state index in [-0.39, 0.29) is 17.0 Å². The first-order valence-corrected chi connectivity index (χ1v) is 8.71. The van der Waals surface area contributed by atoms with Crippen molar-refractivity contribution in [2.45, 2.75) is 46.1 Å². The van der Waals surface area contributed by atoms with E-state index in [1.807, 2.05) is 24.3 Å². The Hall–Kier alpha value is -2.89. The minimum Gasteiger partial charge on any atom is -0.481 e. The van der Waals surface area contributed by atoms with Gasteiger partial charge in [-0.1, -0.05) is 32.9 Å². The van der Waals surface area contributed by atoms with Crippen LogP contribution in [-0.2, 0) is 15.0 Å². The molecule has 5 nitrogen and oxygen atoms in total. The molecule has 0 saturated carbocycles. The van der Waals surface area contributed by atoms with E-state index < -0.39 is 17.8 Å². The van der Waals surface area contributed by atoms with Crippen LogP contribution in [0.4, 0.5) is 15.8 Å². The number of benzene rings is 2. The fraction of sp³-hybridized carbons (Fsp3) is 0.333. The molecular formula is C21H25FN2O3. The summed E-state index contributed by atoms with van der Waals surface area (Å²) in [5.74, 6) is -0.819. The highest BCUT2D eigenvalue weighted by molar-refractivity contribution is 5.95. The number of halogens is 1. The molecule has 0 aliphatic rings. The Labute approximate surface area is 158 Å². The molecular weight excluding hydrogens is 347 g/mol. The lowest BCUT2D eigenvalue weighted by Crippen LogP contribution is -2.30. The maximum absolute atomic E-state index is 13.9. The molecule has 2 aromatic rings. The van der Waals surface area contributed by atoms with Crippen molar-refractivity contribution in [3.8, 4) is 5.75 Å². The minimum absolute atomic E-state index is 0.0234. The van der Waals surface area contributed by atoms with Gasteiger partial charge in [-0.25, -0.2) is 4.39 Å². The molecule has 0 aliphatic carbocycles. The topological polar surface area (TPSA) is 67.4 Å². The molecule has 6 heteroatoms. The van der Waals surface area contributed by atoms with Crippen molar-refractivity contribution in [3.05, 3.63) is 53.8 Å². The summed E-state index contributed by atoms with van der Waals surface area (Å²) in [6.45, 7) is 9.28. The zero-order chi connectivity index (χ0) is 20.2. The van der Waals surface area contributed by atoms with Crippen LogP contribution in [0.25, 0.3) is 0 Å².